The van der Waals surface area contributed by atoms with E-state index in [0.717, 1.165) is 67.5 Å². The molecule has 8 atom stereocenters. The van der Waals surface area contributed by atoms with Crippen molar-refractivity contribution in [3.05, 3.63) is 94.1 Å². The first-order chi connectivity index (χ1) is 34.4. The van der Waals surface area contributed by atoms with E-state index in [1.807, 2.05) is 40.5 Å². The molecule has 7 aliphatic rings. The Kier molecular flexibility index (Phi) is 15.4. The Hall–Kier alpha value is -6.22. The fourth-order valence-electron chi connectivity index (χ4n) is 11.3. The second-order valence-electron chi connectivity index (χ2n) is 20.0. The number of fused-ring (bicyclic) bond motifs is 5. The molecule has 1 unspecified atom stereocenters. The van der Waals surface area contributed by atoms with Crippen molar-refractivity contribution in [1.29, 1.82) is 0 Å². The van der Waals surface area contributed by atoms with Crippen molar-refractivity contribution in [2.75, 3.05) is 46.8 Å². The normalized spacial score (nSPS) is 24.3. The number of amides is 6. The minimum atomic E-state index is -1.02. The molecule has 71 heavy (non-hydrogen) atoms. The third-order valence-electron chi connectivity index (χ3n) is 15.4. The van der Waals surface area contributed by atoms with Gasteiger partial charge in [-0.05, 0) is 121 Å². The molecule has 2 aromatic rings. The molecule has 6 amide bonds. The van der Waals surface area contributed by atoms with Crippen LogP contribution in [-0.2, 0) is 41.6 Å². The summed E-state index contributed by atoms with van der Waals surface area (Å²) in [6.07, 6.45) is 10.6. The molecule has 2 aromatic carbocycles. The number of likely N-dealkylation sites (N-methyl/N-ethyl adjacent to an activating group) is 2. The van der Waals surface area contributed by atoms with Gasteiger partial charge in [0.1, 0.15) is 29.9 Å². The van der Waals surface area contributed by atoms with E-state index in [1.165, 1.54) is 11.1 Å². The first-order valence-corrected chi connectivity index (χ1v) is 25.8. The van der Waals surface area contributed by atoms with E-state index < -0.39 is 36.3 Å². The summed E-state index contributed by atoms with van der Waals surface area (Å²) in [6.45, 7) is 5.47. The maximum Gasteiger partial charge on any atom is 0.247 e. The lowest BCUT2D eigenvalue weighted by Gasteiger charge is -2.33. The van der Waals surface area contributed by atoms with Gasteiger partial charge in [0.15, 0.2) is 0 Å². The van der Waals surface area contributed by atoms with Gasteiger partial charge in [0, 0.05) is 38.8 Å². The van der Waals surface area contributed by atoms with Crippen LogP contribution in [0.25, 0.3) is 0 Å². The largest absolute Gasteiger partial charge is 0.347 e. The van der Waals surface area contributed by atoms with E-state index in [-0.39, 0.29) is 60.5 Å². The van der Waals surface area contributed by atoms with Crippen molar-refractivity contribution in [1.82, 2.24) is 73.2 Å². The maximum absolute atomic E-state index is 14.8. The summed E-state index contributed by atoms with van der Waals surface area (Å²) in [5, 5.41) is 24.2. The number of hydrazine groups is 4. The highest BCUT2D eigenvalue weighted by atomic mass is 16.2. The highest BCUT2D eigenvalue weighted by molar-refractivity contribution is 5.95. The number of aryl methyl sites for hydroxylation is 2. The molecule has 0 saturated carbocycles. The van der Waals surface area contributed by atoms with Gasteiger partial charge in [0.25, 0.3) is 0 Å². The number of hydrogen-bond acceptors (Lipinski definition) is 14. The van der Waals surface area contributed by atoms with Crippen LogP contribution in [-0.4, -0.2) is 143 Å². The molecule has 0 radical (unpaired) electrons. The molecular formula is C51H72N14O6. The minimum absolute atomic E-state index is 0.0370. The fourth-order valence-corrected chi connectivity index (χ4v) is 11.3. The van der Waals surface area contributed by atoms with Gasteiger partial charge < -0.3 is 47.1 Å². The summed E-state index contributed by atoms with van der Waals surface area (Å²) in [4.78, 5) is 88.1. The monoisotopic (exact) mass is 977 g/mol. The number of carbonyl (C=O) groups is 6. The lowest BCUT2D eigenvalue weighted by atomic mass is 9.87. The number of hydrogen-bond donors (Lipinski definition) is 9. The smallest absolute Gasteiger partial charge is 0.247 e. The molecule has 20 heteroatoms. The minimum Gasteiger partial charge on any atom is -0.347 e. The van der Waals surface area contributed by atoms with E-state index in [1.54, 1.807) is 42.8 Å². The van der Waals surface area contributed by atoms with Gasteiger partial charge in [-0.25, -0.2) is 0 Å². The number of likely N-dealkylation sites (tertiary alicyclic amines) is 2. The summed E-state index contributed by atoms with van der Waals surface area (Å²) in [5.74, 6) is -1.77. The van der Waals surface area contributed by atoms with Crippen LogP contribution in [0.1, 0.15) is 112 Å². The molecule has 3 fully saturated rings. The van der Waals surface area contributed by atoms with Gasteiger partial charge in [-0.15, -0.1) is 11.1 Å². The molecule has 3 saturated heterocycles. The lowest BCUT2D eigenvalue weighted by molar-refractivity contribution is -0.142. The Labute approximate surface area is 416 Å². The summed E-state index contributed by atoms with van der Waals surface area (Å²) in [6, 6.07) is 11.5. The maximum atomic E-state index is 14.8. The number of rotatable bonds is 16. The van der Waals surface area contributed by atoms with Gasteiger partial charge >= 0.3 is 0 Å². The zero-order valence-corrected chi connectivity index (χ0v) is 41.5. The molecule has 0 spiro atoms. The molecule has 382 valence electrons. The van der Waals surface area contributed by atoms with E-state index >= 15 is 0 Å². The fraction of sp³-hybridized carbons (Fsp3) is 0.569. The van der Waals surface area contributed by atoms with Crippen molar-refractivity contribution >= 4 is 35.4 Å². The summed E-state index contributed by atoms with van der Waals surface area (Å²) in [7, 11) is 3.37. The van der Waals surface area contributed by atoms with Gasteiger partial charge in [-0.3, -0.25) is 43.8 Å². The SMILES string of the molecule is CN[C@@H](C)C(=O)N[C@@H](CN1C=C2C3=C(C[C@H](NC(=O)[C@@H](C)NC)C(=O)N4CCCC4C(=O)N[C@H]4CCCc5ccccc54)NNN3CCCN2N1)C(=O)N1CCC[C@H]1C(=O)N[C@@H]1CCCc2ccccc21. The van der Waals surface area contributed by atoms with Crippen molar-refractivity contribution in [2.45, 2.75) is 139 Å². The zero-order chi connectivity index (χ0) is 49.8. The summed E-state index contributed by atoms with van der Waals surface area (Å²) >= 11 is 0. The Balaban J connectivity index is 0.944. The van der Waals surface area contributed by atoms with Crippen LogP contribution in [0.2, 0.25) is 0 Å². The molecular weight excluding hydrogens is 905 g/mol. The standard InChI is InChI=1S/C51H72N14O6/c1-31(52-3)46(66)56-40(50(70)62-24-11-22-42(62)48(68)54-37-20-9-16-33-14-5-7-18-35(33)37)28-39-45-44-30-61(60-64(44)26-13-27-65(45)59-58-39)29-41(57-47(67)32(2)53-4)51(71)63-25-12-23-43(63)49(69)55-38-21-10-17-34-15-6-8-19-36(34)38/h5-8,14-15,18-19,30-32,37-38,40-43,52-53,58-60H,9-13,16-17,20-29H2,1-4H3,(H,54,68)(H,55,69)(H,56,66)(H,57,67)/t31-,32+,37+,38-,40+,41+,42?,43+/m1/s1. The quantitative estimate of drug-likeness (QED) is 0.113. The molecule has 9 rings (SSSR count). The van der Waals surface area contributed by atoms with E-state index in [2.05, 4.69) is 72.7 Å². The average molecular weight is 977 g/mol. The van der Waals surface area contributed by atoms with Crippen molar-refractivity contribution in [3.8, 4) is 0 Å². The Morgan fingerprint density at radius 1 is 0.634 bits per heavy atom. The second kappa shape index (κ2) is 22.0. The highest BCUT2D eigenvalue weighted by Crippen LogP contribution is 2.34. The molecule has 2 aliphatic carbocycles. The van der Waals surface area contributed by atoms with Crippen molar-refractivity contribution in [3.63, 3.8) is 0 Å². The highest BCUT2D eigenvalue weighted by Gasteiger charge is 2.44. The third-order valence-corrected chi connectivity index (χ3v) is 15.4. The van der Waals surface area contributed by atoms with Crippen LogP contribution in [0.3, 0.4) is 0 Å². The van der Waals surface area contributed by atoms with Crippen LogP contribution in [0.4, 0.5) is 0 Å². The van der Waals surface area contributed by atoms with Crippen LogP contribution in [0, 0.1) is 0 Å². The molecule has 5 aliphatic heterocycles. The van der Waals surface area contributed by atoms with Gasteiger partial charge in [-0.1, -0.05) is 48.5 Å². The summed E-state index contributed by atoms with van der Waals surface area (Å²) < 4.78 is 0. The van der Waals surface area contributed by atoms with E-state index in [0.29, 0.717) is 57.6 Å². The molecule has 0 bridgehead atoms. The van der Waals surface area contributed by atoms with Gasteiger partial charge in [0.2, 0.25) is 35.4 Å². The Morgan fingerprint density at radius 3 is 1.72 bits per heavy atom. The predicted molar refractivity (Wildman–Crippen MR) is 265 cm³/mol. The van der Waals surface area contributed by atoms with Crippen molar-refractivity contribution < 1.29 is 28.8 Å². The number of carbonyl (C=O) groups excluding carboxylic acids is 6. The van der Waals surface area contributed by atoms with E-state index in [4.69, 9.17) is 0 Å². The molecule has 9 N–H and O–H groups in total. The number of nitrogens with zero attached hydrogens (tertiary/aromatic N) is 5. The zero-order valence-electron chi connectivity index (χ0n) is 41.5. The Morgan fingerprint density at radius 2 is 1.15 bits per heavy atom. The number of benzene rings is 2. The van der Waals surface area contributed by atoms with Gasteiger partial charge in [0.05, 0.1) is 42.1 Å². The predicted octanol–water partition coefficient (Wildman–Crippen LogP) is 0.750. The van der Waals surface area contributed by atoms with Crippen LogP contribution < -0.4 is 48.4 Å². The number of nitrogens with one attached hydrogen (secondary N) is 9. The van der Waals surface area contributed by atoms with Crippen LogP contribution in [0.15, 0.2) is 71.8 Å². The Bertz CT molecular complexity index is 2410. The van der Waals surface area contributed by atoms with Crippen LogP contribution >= 0.6 is 0 Å². The van der Waals surface area contributed by atoms with E-state index in [9.17, 15) is 28.8 Å². The first kappa shape index (κ1) is 49.7. The van der Waals surface area contributed by atoms with Gasteiger partial charge in [-0.2, -0.15) is 0 Å². The van der Waals surface area contributed by atoms with Crippen LogP contribution in [0.5, 0.6) is 0 Å². The molecule has 5 heterocycles. The molecule has 20 nitrogen and oxygen atoms in total. The topological polar surface area (TPSA) is 227 Å². The average Bonchev–Trinajstić information content (AvgIpc) is 4.22. The first-order valence-electron chi connectivity index (χ1n) is 25.8. The van der Waals surface area contributed by atoms with Crippen molar-refractivity contribution in [2.24, 2.45) is 0 Å². The lowest BCUT2D eigenvalue weighted by Crippen LogP contribution is -2.59. The molecule has 0 aromatic heterocycles. The summed E-state index contributed by atoms with van der Waals surface area (Å²) in [5.41, 5.74) is 16.8. The second-order valence-corrected chi connectivity index (χ2v) is 20.0. The third kappa shape index (κ3) is 10.7.